The Morgan fingerprint density at radius 3 is 2.61 bits per heavy atom. The standard InChI is InChI=1S/C17H24ClNO4/c1-4-5-10-19(11-13(2)17(21)22-3)16(20)12-23-15-9-7-6-8-14(15)18/h6-9,13H,4-5,10-12H2,1-3H3. The molecule has 0 aromatic heterocycles. The fourth-order valence-corrected chi connectivity index (χ4v) is 2.26. The van der Waals surface area contributed by atoms with Gasteiger partial charge in [-0.1, -0.05) is 44.0 Å². The molecule has 128 valence electrons. The molecular weight excluding hydrogens is 318 g/mol. The third-order valence-electron chi connectivity index (χ3n) is 3.42. The number of nitrogens with zero attached hydrogens (tertiary/aromatic N) is 1. The first-order valence-corrected chi connectivity index (χ1v) is 8.10. The zero-order valence-corrected chi connectivity index (χ0v) is 14.6. The minimum absolute atomic E-state index is 0.110. The molecule has 0 saturated heterocycles. The molecule has 6 heteroatoms. The molecule has 0 aliphatic rings. The molecular formula is C17H24ClNO4. The summed E-state index contributed by atoms with van der Waals surface area (Å²) in [4.78, 5) is 25.6. The van der Waals surface area contributed by atoms with Crippen LogP contribution in [0.25, 0.3) is 0 Å². The van der Waals surface area contributed by atoms with E-state index in [1.165, 1.54) is 7.11 Å². The van der Waals surface area contributed by atoms with Crippen molar-refractivity contribution >= 4 is 23.5 Å². The van der Waals surface area contributed by atoms with Crippen molar-refractivity contribution in [2.75, 3.05) is 26.8 Å². The Kier molecular flexibility index (Phi) is 8.48. The molecule has 0 radical (unpaired) electrons. The normalized spacial score (nSPS) is 11.7. The maximum absolute atomic E-state index is 12.4. The summed E-state index contributed by atoms with van der Waals surface area (Å²) < 4.78 is 10.2. The van der Waals surface area contributed by atoms with Crippen molar-refractivity contribution in [3.63, 3.8) is 0 Å². The summed E-state index contributed by atoms with van der Waals surface area (Å²) in [5, 5.41) is 0.461. The van der Waals surface area contributed by atoms with Crippen LogP contribution < -0.4 is 4.74 Å². The van der Waals surface area contributed by atoms with E-state index in [2.05, 4.69) is 0 Å². The molecule has 0 aliphatic heterocycles. The van der Waals surface area contributed by atoms with Gasteiger partial charge in [-0.3, -0.25) is 9.59 Å². The minimum atomic E-state index is -0.374. The highest BCUT2D eigenvalue weighted by Crippen LogP contribution is 2.23. The van der Waals surface area contributed by atoms with Crippen LogP contribution in [-0.2, 0) is 14.3 Å². The molecule has 0 aliphatic carbocycles. The van der Waals surface area contributed by atoms with Crippen molar-refractivity contribution in [2.45, 2.75) is 26.7 Å². The van der Waals surface area contributed by atoms with Gasteiger partial charge in [0, 0.05) is 13.1 Å². The third-order valence-corrected chi connectivity index (χ3v) is 3.73. The van der Waals surface area contributed by atoms with E-state index in [1.807, 2.05) is 6.92 Å². The second-order valence-corrected chi connectivity index (χ2v) is 5.74. The highest BCUT2D eigenvalue weighted by Gasteiger charge is 2.21. The van der Waals surface area contributed by atoms with E-state index in [4.69, 9.17) is 21.1 Å². The van der Waals surface area contributed by atoms with Crippen LogP contribution in [0.3, 0.4) is 0 Å². The van der Waals surface area contributed by atoms with Crippen molar-refractivity contribution in [1.82, 2.24) is 4.90 Å². The zero-order valence-electron chi connectivity index (χ0n) is 13.9. The van der Waals surface area contributed by atoms with E-state index in [0.717, 1.165) is 12.8 Å². The van der Waals surface area contributed by atoms with Gasteiger partial charge in [0.05, 0.1) is 18.1 Å². The number of amides is 1. The molecule has 0 heterocycles. The van der Waals surface area contributed by atoms with Gasteiger partial charge in [-0.25, -0.2) is 0 Å². The quantitative estimate of drug-likeness (QED) is 0.647. The average Bonchev–Trinajstić information content (AvgIpc) is 2.56. The maximum atomic E-state index is 12.4. The average molecular weight is 342 g/mol. The summed E-state index contributed by atoms with van der Waals surface area (Å²) in [6.07, 6.45) is 1.83. The molecule has 1 aromatic carbocycles. The second kappa shape index (κ2) is 10.1. The van der Waals surface area contributed by atoms with E-state index in [0.29, 0.717) is 23.9 Å². The molecule has 23 heavy (non-hydrogen) atoms. The zero-order chi connectivity index (χ0) is 17.2. The Labute approximate surface area is 142 Å². The highest BCUT2D eigenvalue weighted by molar-refractivity contribution is 6.32. The number of ether oxygens (including phenoxy) is 2. The maximum Gasteiger partial charge on any atom is 0.310 e. The highest BCUT2D eigenvalue weighted by atomic mass is 35.5. The van der Waals surface area contributed by atoms with Crippen LogP contribution in [0, 0.1) is 5.92 Å². The van der Waals surface area contributed by atoms with E-state index in [-0.39, 0.29) is 24.4 Å². The summed E-state index contributed by atoms with van der Waals surface area (Å²) in [6, 6.07) is 7.00. The Morgan fingerprint density at radius 1 is 1.30 bits per heavy atom. The Bertz CT molecular complexity index is 521. The molecule has 1 rings (SSSR count). The monoisotopic (exact) mass is 341 g/mol. The number of hydrogen-bond acceptors (Lipinski definition) is 4. The number of hydrogen-bond donors (Lipinski definition) is 0. The van der Waals surface area contributed by atoms with Crippen molar-refractivity contribution in [2.24, 2.45) is 5.92 Å². The number of unbranched alkanes of at least 4 members (excludes halogenated alkanes) is 1. The molecule has 1 amide bonds. The number of carbonyl (C=O) groups is 2. The van der Waals surface area contributed by atoms with Gasteiger partial charge in [-0.2, -0.15) is 0 Å². The van der Waals surface area contributed by atoms with Crippen molar-refractivity contribution in [1.29, 1.82) is 0 Å². The molecule has 1 aromatic rings. The lowest BCUT2D eigenvalue weighted by molar-refractivity contribution is -0.146. The number of para-hydroxylation sites is 1. The molecule has 0 N–H and O–H groups in total. The lowest BCUT2D eigenvalue weighted by atomic mass is 10.1. The van der Waals surface area contributed by atoms with Gasteiger partial charge in [0.1, 0.15) is 5.75 Å². The Morgan fingerprint density at radius 2 is 2.00 bits per heavy atom. The largest absolute Gasteiger partial charge is 0.482 e. The molecule has 0 bridgehead atoms. The number of methoxy groups -OCH3 is 1. The number of esters is 1. The van der Waals surface area contributed by atoms with Gasteiger partial charge in [0.15, 0.2) is 6.61 Å². The second-order valence-electron chi connectivity index (χ2n) is 5.34. The van der Waals surface area contributed by atoms with Crippen LogP contribution in [0.15, 0.2) is 24.3 Å². The number of halogens is 1. The van der Waals surface area contributed by atoms with Gasteiger partial charge >= 0.3 is 5.97 Å². The lowest BCUT2D eigenvalue weighted by Gasteiger charge is -2.25. The molecule has 0 spiro atoms. The van der Waals surface area contributed by atoms with Crippen molar-refractivity contribution < 1.29 is 19.1 Å². The van der Waals surface area contributed by atoms with Crippen molar-refractivity contribution in [3.8, 4) is 5.75 Å². The fraction of sp³-hybridized carbons (Fsp3) is 0.529. The summed E-state index contributed by atoms with van der Waals surface area (Å²) in [5.74, 6) is -0.402. The first-order valence-electron chi connectivity index (χ1n) is 7.72. The predicted molar refractivity (Wildman–Crippen MR) is 89.6 cm³/mol. The van der Waals surface area contributed by atoms with Crippen LogP contribution in [-0.4, -0.2) is 43.6 Å². The molecule has 1 unspecified atom stereocenters. The van der Waals surface area contributed by atoms with Crippen LogP contribution >= 0.6 is 11.6 Å². The number of rotatable bonds is 9. The van der Waals surface area contributed by atoms with E-state index >= 15 is 0 Å². The van der Waals surface area contributed by atoms with E-state index < -0.39 is 0 Å². The topological polar surface area (TPSA) is 55.8 Å². The fourth-order valence-electron chi connectivity index (χ4n) is 2.07. The Hall–Kier alpha value is -1.75. The SMILES string of the molecule is CCCCN(CC(C)C(=O)OC)C(=O)COc1ccccc1Cl. The van der Waals surface area contributed by atoms with Gasteiger partial charge < -0.3 is 14.4 Å². The minimum Gasteiger partial charge on any atom is -0.482 e. The molecule has 0 saturated carbocycles. The first kappa shape index (κ1) is 19.3. The van der Waals surface area contributed by atoms with Crippen molar-refractivity contribution in [3.05, 3.63) is 29.3 Å². The number of carbonyl (C=O) groups excluding carboxylic acids is 2. The molecule has 1 atom stereocenters. The van der Waals surface area contributed by atoms with Crippen LogP contribution in [0.5, 0.6) is 5.75 Å². The lowest BCUT2D eigenvalue weighted by Crippen LogP contribution is -2.40. The number of benzene rings is 1. The van der Waals surface area contributed by atoms with Crippen LogP contribution in [0.4, 0.5) is 0 Å². The Balaban J connectivity index is 2.64. The smallest absolute Gasteiger partial charge is 0.310 e. The summed E-state index contributed by atoms with van der Waals surface area (Å²) in [7, 11) is 1.34. The van der Waals surface area contributed by atoms with Gasteiger partial charge in [0.2, 0.25) is 0 Å². The van der Waals surface area contributed by atoms with Crippen LogP contribution in [0.2, 0.25) is 5.02 Å². The van der Waals surface area contributed by atoms with E-state index in [1.54, 1.807) is 36.1 Å². The first-order chi connectivity index (χ1) is 11.0. The summed E-state index contributed by atoms with van der Waals surface area (Å²) in [5.41, 5.74) is 0. The van der Waals surface area contributed by atoms with Gasteiger partial charge in [-0.05, 0) is 18.6 Å². The van der Waals surface area contributed by atoms with Gasteiger partial charge in [-0.15, -0.1) is 0 Å². The third kappa shape index (κ3) is 6.48. The van der Waals surface area contributed by atoms with Crippen LogP contribution in [0.1, 0.15) is 26.7 Å². The molecule has 0 fully saturated rings. The van der Waals surface area contributed by atoms with E-state index in [9.17, 15) is 9.59 Å². The summed E-state index contributed by atoms with van der Waals surface area (Å²) in [6.45, 7) is 4.58. The predicted octanol–water partition coefficient (Wildman–Crippen LogP) is 3.16. The van der Waals surface area contributed by atoms with Gasteiger partial charge in [0.25, 0.3) is 5.91 Å². The summed E-state index contributed by atoms with van der Waals surface area (Å²) >= 11 is 6.00. The molecule has 5 nitrogen and oxygen atoms in total.